The molecule has 6 heteroatoms. The van der Waals surface area contributed by atoms with Crippen LogP contribution >= 0.6 is 0 Å². The predicted molar refractivity (Wildman–Crippen MR) is 103 cm³/mol. The number of nitrogens with one attached hydrogen (secondary N) is 1. The molecule has 0 aliphatic rings. The smallest absolute Gasteiger partial charge is 0.261 e. The molecular weight excluding hydrogens is 348 g/mol. The highest BCUT2D eigenvalue weighted by Crippen LogP contribution is 2.24. The molecule has 0 aliphatic heterocycles. The van der Waals surface area contributed by atoms with Gasteiger partial charge in [0.1, 0.15) is 0 Å². The molecule has 0 amide bonds. The van der Waals surface area contributed by atoms with Gasteiger partial charge in [-0.2, -0.15) is 0 Å². The summed E-state index contributed by atoms with van der Waals surface area (Å²) < 4.78 is 33.2. The highest BCUT2D eigenvalue weighted by atomic mass is 32.2. The molecule has 5 nitrogen and oxygen atoms in total. The Balaban J connectivity index is 1.76. The third kappa shape index (κ3) is 3.96. The van der Waals surface area contributed by atoms with Crippen LogP contribution in [0.1, 0.15) is 37.6 Å². The minimum absolute atomic E-state index is 0.250. The van der Waals surface area contributed by atoms with Gasteiger partial charge in [0.15, 0.2) is 11.7 Å². The van der Waals surface area contributed by atoms with Gasteiger partial charge in [0.2, 0.25) is 0 Å². The molecule has 0 radical (unpaired) electrons. The third-order valence-corrected chi connectivity index (χ3v) is 5.81. The van der Waals surface area contributed by atoms with Crippen molar-refractivity contribution < 1.29 is 12.8 Å². The Kier molecular flexibility index (Phi) is 5.13. The Morgan fingerprint density at radius 2 is 1.73 bits per heavy atom. The first-order valence-electron chi connectivity index (χ1n) is 8.54. The quantitative estimate of drug-likeness (QED) is 0.665. The average molecular weight is 370 g/mol. The second-order valence-corrected chi connectivity index (χ2v) is 7.99. The van der Waals surface area contributed by atoms with Crippen LogP contribution in [0.3, 0.4) is 0 Å². The van der Waals surface area contributed by atoms with Crippen molar-refractivity contribution in [2.45, 2.75) is 38.0 Å². The topological polar surface area (TPSA) is 72.2 Å². The maximum absolute atomic E-state index is 12.6. The Morgan fingerprint density at radius 1 is 1.08 bits per heavy atom. The van der Waals surface area contributed by atoms with Gasteiger partial charge in [-0.3, -0.25) is 4.72 Å². The summed E-state index contributed by atoms with van der Waals surface area (Å²) >= 11 is 0. The highest BCUT2D eigenvalue weighted by Gasteiger charge is 2.15. The number of nitrogens with zero attached hydrogens (tertiary/aromatic N) is 1. The van der Waals surface area contributed by atoms with Crippen LogP contribution in [0.15, 0.2) is 64.0 Å². The Bertz CT molecular complexity index is 975. The van der Waals surface area contributed by atoms with Gasteiger partial charge in [-0.15, -0.1) is 0 Å². The van der Waals surface area contributed by atoms with Crippen LogP contribution in [0.5, 0.6) is 0 Å². The van der Waals surface area contributed by atoms with Crippen LogP contribution in [0.25, 0.3) is 11.3 Å². The summed E-state index contributed by atoms with van der Waals surface area (Å²) in [4.78, 5) is 4.31. The Hall–Kier alpha value is -2.60. The van der Waals surface area contributed by atoms with Crippen LogP contribution < -0.4 is 4.72 Å². The molecular formula is C20H22N2O3S. The number of benzene rings is 2. The largest absolute Gasteiger partial charge is 0.441 e. The summed E-state index contributed by atoms with van der Waals surface area (Å²) in [5, 5.41) is 0. The lowest BCUT2D eigenvalue weighted by atomic mass is 9.99. The Labute approximate surface area is 154 Å². The second-order valence-electron chi connectivity index (χ2n) is 6.30. The molecule has 1 heterocycles. The number of hydrogen-bond donors (Lipinski definition) is 1. The summed E-state index contributed by atoms with van der Waals surface area (Å²) in [6.45, 7) is 6.01. The third-order valence-electron chi connectivity index (χ3n) is 4.41. The van der Waals surface area contributed by atoms with Gasteiger partial charge in [0.25, 0.3) is 10.0 Å². The first-order valence-corrected chi connectivity index (χ1v) is 10.0. The van der Waals surface area contributed by atoms with Gasteiger partial charge in [0.05, 0.1) is 11.1 Å². The van der Waals surface area contributed by atoms with Gasteiger partial charge < -0.3 is 4.42 Å². The summed E-state index contributed by atoms with van der Waals surface area (Å²) in [5.74, 6) is 1.65. The van der Waals surface area contributed by atoms with Gasteiger partial charge in [-0.05, 0) is 54.3 Å². The zero-order chi connectivity index (χ0) is 18.7. The van der Waals surface area contributed by atoms with Gasteiger partial charge >= 0.3 is 0 Å². The van der Waals surface area contributed by atoms with E-state index in [4.69, 9.17) is 4.42 Å². The lowest BCUT2D eigenvalue weighted by molar-refractivity contribution is 0.534. The van der Waals surface area contributed by atoms with E-state index in [1.807, 2.05) is 12.1 Å². The molecule has 3 aromatic rings. The van der Waals surface area contributed by atoms with Crippen molar-refractivity contribution in [2.24, 2.45) is 0 Å². The van der Waals surface area contributed by atoms with Crippen molar-refractivity contribution in [3.63, 3.8) is 0 Å². The van der Waals surface area contributed by atoms with Crippen LogP contribution in [0.4, 0.5) is 5.69 Å². The van der Waals surface area contributed by atoms with E-state index in [2.05, 4.69) is 23.6 Å². The van der Waals surface area contributed by atoms with E-state index >= 15 is 0 Å². The van der Waals surface area contributed by atoms with Crippen LogP contribution in [0, 0.1) is 6.92 Å². The minimum Gasteiger partial charge on any atom is -0.441 e. The molecule has 0 bridgehead atoms. The van der Waals surface area contributed by atoms with Gasteiger partial charge in [-0.1, -0.05) is 26.0 Å². The molecule has 1 aromatic heterocycles. The number of oxazole rings is 1. The summed E-state index contributed by atoms with van der Waals surface area (Å²) in [7, 11) is -3.62. The molecule has 1 N–H and O–H groups in total. The monoisotopic (exact) mass is 370 g/mol. The van der Waals surface area contributed by atoms with Crippen molar-refractivity contribution in [1.82, 2.24) is 4.98 Å². The molecule has 0 saturated carbocycles. The number of aryl methyl sites for hydroxylation is 1. The fourth-order valence-electron chi connectivity index (χ4n) is 2.62. The van der Waals surface area contributed by atoms with E-state index in [0.29, 0.717) is 23.3 Å². The number of sulfonamides is 1. The first kappa shape index (κ1) is 18.2. The first-order chi connectivity index (χ1) is 12.4. The molecule has 0 aliphatic carbocycles. The fourth-order valence-corrected chi connectivity index (χ4v) is 3.68. The predicted octanol–water partition coefficient (Wildman–Crippen LogP) is 4.96. The fraction of sp³-hybridized carbons (Fsp3) is 0.250. The molecule has 0 saturated heterocycles. The lowest BCUT2D eigenvalue weighted by Crippen LogP contribution is -2.13. The van der Waals surface area contributed by atoms with Crippen molar-refractivity contribution in [2.75, 3.05) is 4.72 Å². The number of aromatic nitrogens is 1. The SMILES string of the molecule is CC[C@@H](C)c1ccc(S(=O)(=O)Nc2ccc(-c3cnc(C)o3)cc2)cc1. The van der Waals surface area contributed by atoms with Crippen LogP contribution in [-0.2, 0) is 10.0 Å². The van der Waals surface area contributed by atoms with Crippen molar-refractivity contribution >= 4 is 15.7 Å². The van der Waals surface area contributed by atoms with E-state index in [1.165, 1.54) is 0 Å². The second kappa shape index (κ2) is 7.33. The van der Waals surface area contributed by atoms with E-state index < -0.39 is 10.0 Å². The molecule has 0 unspecified atom stereocenters. The molecule has 3 rings (SSSR count). The average Bonchev–Trinajstić information content (AvgIpc) is 3.08. The standard InChI is InChI=1S/C20H22N2O3S/c1-4-14(2)16-7-11-19(12-8-16)26(23,24)22-18-9-5-17(6-10-18)20-13-21-15(3)25-20/h5-14,22H,4H2,1-3H3/t14-/m1/s1. The number of rotatable bonds is 6. The van der Waals surface area contributed by atoms with Gasteiger partial charge in [0, 0.05) is 18.2 Å². The zero-order valence-corrected chi connectivity index (χ0v) is 15.9. The van der Waals surface area contributed by atoms with Crippen LogP contribution in [0.2, 0.25) is 0 Å². The van der Waals surface area contributed by atoms with Crippen molar-refractivity contribution in [3.05, 3.63) is 66.2 Å². The molecule has 26 heavy (non-hydrogen) atoms. The summed E-state index contributed by atoms with van der Waals surface area (Å²) in [6.07, 6.45) is 2.66. The molecule has 2 aromatic carbocycles. The van der Waals surface area contributed by atoms with Crippen molar-refractivity contribution in [1.29, 1.82) is 0 Å². The van der Waals surface area contributed by atoms with Crippen LogP contribution in [-0.4, -0.2) is 13.4 Å². The number of hydrogen-bond acceptors (Lipinski definition) is 4. The lowest BCUT2D eigenvalue weighted by Gasteiger charge is -2.11. The number of anilines is 1. The highest BCUT2D eigenvalue weighted by molar-refractivity contribution is 7.92. The molecule has 136 valence electrons. The van der Waals surface area contributed by atoms with E-state index in [1.54, 1.807) is 49.5 Å². The Morgan fingerprint density at radius 3 is 2.27 bits per heavy atom. The molecule has 0 spiro atoms. The van der Waals surface area contributed by atoms with E-state index in [0.717, 1.165) is 17.5 Å². The minimum atomic E-state index is -3.62. The normalized spacial score (nSPS) is 12.7. The van der Waals surface area contributed by atoms with E-state index in [9.17, 15) is 8.42 Å². The van der Waals surface area contributed by atoms with E-state index in [-0.39, 0.29) is 4.90 Å². The summed E-state index contributed by atoms with van der Waals surface area (Å²) in [5.41, 5.74) is 2.47. The zero-order valence-electron chi connectivity index (χ0n) is 15.1. The van der Waals surface area contributed by atoms with Gasteiger partial charge in [-0.25, -0.2) is 13.4 Å². The summed E-state index contributed by atoms with van der Waals surface area (Å²) in [6, 6.07) is 14.0. The maximum Gasteiger partial charge on any atom is 0.261 e. The van der Waals surface area contributed by atoms with Crippen molar-refractivity contribution in [3.8, 4) is 11.3 Å². The molecule has 0 fully saturated rings. The maximum atomic E-state index is 12.6. The molecule has 1 atom stereocenters.